The van der Waals surface area contributed by atoms with Crippen molar-refractivity contribution in [3.63, 3.8) is 0 Å². The van der Waals surface area contributed by atoms with E-state index in [-0.39, 0.29) is 11.4 Å². The molecular formula is C9H5N5O2. The van der Waals surface area contributed by atoms with Crippen molar-refractivity contribution in [3.05, 3.63) is 36.0 Å². The fourth-order valence-electron chi connectivity index (χ4n) is 1.10. The van der Waals surface area contributed by atoms with Crippen molar-refractivity contribution < 1.29 is 9.90 Å². The number of nitriles is 1. The molecule has 16 heavy (non-hydrogen) atoms. The van der Waals surface area contributed by atoms with Crippen LogP contribution in [0.3, 0.4) is 0 Å². The third-order valence-corrected chi connectivity index (χ3v) is 1.82. The minimum atomic E-state index is -1.05. The zero-order valence-electron chi connectivity index (χ0n) is 7.90. The van der Waals surface area contributed by atoms with E-state index >= 15 is 0 Å². The third kappa shape index (κ3) is 1.72. The molecule has 2 rings (SSSR count). The Hall–Kier alpha value is -2.75. The fourth-order valence-corrected chi connectivity index (χ4v) is 1.10. The first-order valence-electron chi connectivity index (χ1n) is 4.22. The monoisotopic (exact) mass is 215 g/mol. The van der Waals surface area contributed by atoms with Gasteiger partial charge in [-0.1, -0.05) is 0 Å². The van der Waals surface area contributed by atoms with E-state index in [1.165, 1.54) is 29.3 Å². The van der Waals surface area contributed by atoms with E-state index in [1.54, 1.807) is 6.07 Å². The lowest BCUT2D eigenvalue weighted by atomic mass is 10.3. The van der Waals surface area contributed by atoms with Crippen molar-refractivity contribution in [2.24, 2.45) is 0 Å². The lowest BCUT2D eigenvalue weighted by Crippen LogP contribution is -2.02. The Morgan fingerprint density at radius 3 is 2.94 bits per heavy atom. The largest absolute Gasteiger partial charge is 0.478 e. The van der Waals surface area contributed by atoms with Crippen LogP contribution in [0.1, 0.15) is 16.2 Å². The number of hydrogen-bond acceptors (Lipinski definition) is 5. The molecule has 78 valence electrons. The Balaban J connectivity index is 2.44. The highest BCUT2D eigenvalue weighted by molar-refractivity contribution is 5.87. The molecule has 0 saturated carbocycles. The van der Waals surface area contributed by atoms with E-state index < -0.39 is 5.97 Å². The van der Waals surface area contributed by atoms with Gasteiger partial charge in [0, 0.05) is 6.20 Å². The van der Waals surface area contributed by atoms with E-state index in [0.29, 0.717) is 5.82 Å². The molecule has 0 aromatic carbocycles. The number of carboxylic acids is 1. The maximum atomic E-state index is 10.7. The molecule has 0 unspecified atom stereocenters. The first-order valence-corrected chi connectivity index (χ1v) is 4.22. The maximum absolute atomic E-state index is 10.7. The van der Waals surface area contributed by atoms with Crippen molar-refractivity contribution >= 4 is 5.97 Å². The Morgan fingerprint density at radius 1 is 1.50 bits per heavy atom. The zero-order chi connectivity index (χ0) is 11.5. The smallest absolute Gasteiger partial charge is 0.335 e. The Kier molecular flexibility index (Phi) is 2.31. The van der Waals surface area contributed by atoms with Crippen molar-refractivity contribution in [1.29, 1.82) is 5.26 Å². The number of nitrogens with zero attached hydrogens (tertiary/aromatic N) is 5. The fraction of sp³-hybridized carbons (Fsp3) is 0. The molecular weight excluding hydrogens is 210 g/mol. The van der Waals surface area contributed by atoms with Crippen LogP contribution in [0.15, 0.2) is 24.7 Å². The van der Waals surface area contributed by atoms with Crippen LogP contribution in [0.25, 0.3) is 5.82 Å². The van der Waals surface area contributed by atoms with E-state index in [9.17, 15) is 4.79 Å². The van der Waals surface area contributed by atoms with Crippen LogP contribution in [0, 0.1) is 11.3 Å². The van der Waals surface area contributed by atoms with Gasteiger partial charge in [-0.15, -0.1) is 5.10 Å². The quantitative estimate of drug-likeness (QED) is 0.768. The molecule has 7 nitrogen and oxygen atoms in total. The van der Waals surface area contributed by atoms with Gasteiger partial charge in [0.25, 0.3) is 5.82 Å². The molecule has 0 saturated heterocycles. The van der Waals surface area contributed by atoms with Crippen LogP contribution < -0.4 is 0 Å². The second-order valence-corrected chi connectivity index (χ2v) is 2.83. The summed E-state index contributed by atoms with van der Waals surface area (Å²) in [6, 6.07) is 4.48. The summed E-state index contributed by atoms with van der Waals surface area (Å²) in [5.74, 6) is -0.749. The van der Waals surface area contributed by atoms with Crippen LogP contribution in [0.5, 0.6) is 0 Å². The SMILES string of the molecule is N#Cc1ncn(-c2cc(C(=O)O)ccn2)n1. The van der Waals surface area contributed by atoms with Crippen LogP contribution in [0.2, 0.25) is 0 Å². The number of aromatic nitrogens is 4. The number of carbonyl (C=O) groups is 1. The van der Waals surface area contributed by atoms with Crippen LogP contribution in [-0.4, -0.2) is 30.8 Å². The molecule has 0 aliphatic carbocycles. The number of rotatable bonds is 2. The van der Waals surface area contributed by atoms with Gasteiger partial charge in [0.15, 0.2) is 5.82 Å². The highest BCUT2D eigenvalue weighted by atomic mass is 16.4. The molecule has 0 radical (unpaired) electrons. The summed E-state index contributed by atoms with van der Waals surface area (Å²) >= 11 is 0. The average molecular weight is 215 g/mol. The first-order chi connectivity index (χ1) is 7.70. The predicted molar refractivity (Wildman–Crippen MR) is 50.8 cm³/mol. The lowest BCUT2D eigenvalue weighted by Gasteiger charge is -1.99. The van der Waals surface area contributed by atoms with Gasteiger partial charge < -0.3 is 5.11 Å². The highest BCUT2D eigenvalue weighted by Gasteiger charge is 2.07. The number of aromatic carboxylic acids is 1. The zero-order valence-corrected chi connectivity index (χ0v) is 7.90. The second kappa shape index (κ2) is 3.78. The summed E-state index contributed by atoms with van der Waals surface area (Å²) in [6.07, 6.45) is 2.65. The van der Waals surface area contributed by atoms with Gasteiger partial charge in [0.05, 0.1) is 5.56 Å². The maximum Gasteiger partial charge on any atom is 0.335 e. The molecule has 0 aliphatic rings. The predicted octanol–water partition coefficient (Wildman–Crippen LogP) is 0.232. The van der Waals surface area contributed by atoms with Gasteiger partial charge in [-0.05, 0) is 12.1 Å². The Bertz CT molecular complexity index is 584. The molecule has 0 amide bonds. The van der Waals surface area contributed by atoms with Gasteiger partial charge in [-0.2, -0.15) is 5.26 Å². The van der Waals surface area contributed by atoms with Crippen molar-refractivity contribution in [2.45, 2.75) is 0 Å². The summed E-state index contributed by atoms with van der Waals surface area (Å²) in [7, 11) is 0. The molecule has 2 heterocycles. The Labute approximate surface area is 89.6 Å². The van der Waals surface area contributed by atoms with E-state index in [1.807, 2.05) is 0 Å². The number of pyridine rings is 1. The summed E-state index contributed by atoms with van der Waals surface area (Å²) in [5, 5.41) is 21.1. The highest BCUT2D eigenvalue weighted by Crippen LogP contribution is 2.05. The molecule has 1 N–H and O–H groups in total. The molecule has 2 aromatic rings. The summed E-state index contributed by atoms with van der Waals surface area (Å²) in [5.41, 5.74) is 0.0963. The molecule has 0 bridgehead atoms. The topological polar surface area (TPSA) is 105 Å². The van der Waals surface area contributed by atoms with E-state index in [2.05, 4.69) is 15.1 Å². The van der Waals surface area contributed by atoms with Crippen LogP contribution in [0.4, 0.5) is 0 Å². The molecule has 0 atom stereocenters. The van der Waals surface area contributed by atoms with Crippen molar-refractivity contribution in [3.8, 4) is 11.9 Å². The average Bonchev–Trinajstić information content (AvgIpc) is 2.77. The van der Waals surface area contributed by atoms with Gasteiger partial charge in [-0.25, -0.2) is 19.4 Å². The Morgan fingerprint density at radius 2 is 2.31 bits per heavy atom. The minimum Gasteiger partial charge on any atom is -0.478 e. The van der Waals surface area contributed by atoms with Gasteiger partial charge in [0.2, 0.25) is 0 Å². The van der Waals surface area contributed by atoms with Gasteiger partial charge in [0.1, 0.15) is 12.4 Å². The van der Waals surface area contributed by atoms with E-state index in [4.69, 9.17) is 10.4 Å². The first kappa shape index (κ1) is 9.79. The van der Waals surface area contributed by atoms with Gasteiger partial charge in [-0.3, -0.25) is 0 Å². The molecule has 2 aromatic heterocycles. The van der Waals surface area contributed by atoms with Crippen LogP contribution in [-0.2, 0) is 0 Å². The molecule has 7 heteroatoms. The summed E-state index contributed by atoms with van der Waals surface area (Å²) in [6.45, 7) is 0. The van der Waals surface area contributed by atoms with Crippen molar-refractivity contribution in [1.82, 2.24) is 19.7 Å². The van der Waals surface area contributed by atoms with Gasteiger partial charge >= 0.3 is 5.97 Å². The number of carboxylic acid groups (broad SMARTS) is 1. The summed E-state index contributed by atoms with van der Waals surface area (Å²) in [4.78, 5) is 18.3. The third-order valence-electron chi connectivity index (χ3n) is 1.82. The number of hydrogen-bond donors (Lipinski definition) is 1. The molecule has 0 spiro atoms. The second-order valence-electron chi connectivity index (χ2n) is 2.83. The van der Waals surface area contributed by atoms with E-state index in [0.717, 1.165) is 0 Å². The van der Waals surface area contributed by atoms with Crippen LogP contribution >= 0.6 is 0 Å². The lowest BCUT2D eigenvalue weighted by molar-refractivity contribution is 0.0696. The minimum absolute atomic E-state index is 0.00234. The summed E-state index contributed by atoms with van der Waals surface area (Å²) < 4.78 is 1.24. The normalized spacial score (nSPS) is 9.69. The molecule has 0 fully saturated rings. The molecule has 0 aliphatic heterocycles. The standard InChI is InChI=1S/C9H5N5O2/c10-4-7-12-5-14(13-7)8-3-6(9(15)16)1-2-11-8/h1-3,5H,(H,15,16). The van der Waals surface area contributed by atoms with Crippen molar-refractivity contribution in [2.75, 3.05) is 0 Å².